The van der Waals surface area contributed by atoms with Crippen molar-refractivity contribution in [1.29, 1.82) is 0 Å². The van der Waals surface area contributed by atoms with Crippen LogP contribution in [-0.4, -0.2) is 28.6 Å². The standard InChI is InChI=1S/C10H12N2O4/c1-2-14-10(13)8-3-4-12(11-8)7-9-15-5-6-16-9/h3-6,9H,2,7H2,1H3. The predicted octanol–water partition coefficient (Wildman–Crippen LogP) is 0.904. The molecule has 0 unspecified atom stereocenters. The fourth-order valence-corrected chi connectivity index (χ4v) is 1.29. The Morgan fingerprint density at radius 2 is 2.31 bits per heavy atom. The van der Waals surface area contributed by atoms with Gasteiger partial charge in [-0.1, -0.05) is 0 Å². The Kier molecular flexibility index (Phi) is 3.09. The minimum Gasteiger partial charge on any atom is -0.461 e. The summed E-state index contributed by atoms with van der Waals surface area (Å²) in [7, 11) is 0. The predicted molar refractivity (Wildman–Crippen MR) is 53.3 cm³/mol. The van der Waals surface area contributed by atoms with Gasteiger partial charge in [-0.25, -0.2) is 4.79 Å². The van der Waals surface area contributed by atoms with E-state index >= 15 is 0 Å². The third kappa shape index (κ3) is 2.33. The van der Waals surface area contributed by atoms with E-state index in [2.05, 4.69) is 5.10 Å². The van der Waals surface area contributed by atoms with Crippen LogP contribution in [0.15, 0.2) is 24.8 Å². The first-order chi connectivity index (χ1) is 7.79. The van der Waals surface area contributed by atoms with Crippen molar-refractivity contribution in [3.05, 3.63) is 30.5 Å². The Labute approximate surface area is 92.4 Å². The van der Waals surface area contributed by atoms with Crippen LogP contribution in [0.4, 0.5) is 0 Å². The average molecular weight is 224 g/mol. The topological polar surface area (TPSA) is 62.6 Å². The average Bonchev–Trinajstić information content (AvgIpc) is 2.90. The van der Waals surface area contributed by atoms with E-state index in [1.54, 1.807) is 23.9 Å². The fourth-order valence-electron chi connectivity index (χ4n) is 1.29. The van der Waals surface area contributed by atoms with E-state index < -0.39 is 5.97 Å². The number of rotatable bonds is 4. The minimum atomic E-state index is -0.423. The lowest BCUT2D eigenvalue weighted by molar-refractivity contribution is -0.0365. The molecule has 0 spiro atoms. The van der Waals surface area contributed by atoms with E-state index in [1.807, 2.05) is 0 Å². The summed E-state index contributed by atoms with van der Waals surface area (Å²) in [5, 5.41) is 4.05. The van der Waals surface area contributed by atoms with Gasteiger partial charge in [0.25, 0.3) is 6.29 Å². The van der Waals surface area contributed by atoms with Crippen molar-refractivity contribution in [3.63, 3.8) is 0 Å². The molecule has 1 aliphatic rings. The van der Waals surface area contributed by atoms with Crippen LogP contribution in [-0.2, 0) is 20.8 Å². The van der Waals surface area contributed by atoms with E-state index in [9.17, 15) is 4.79 Å². The van der Waals surface area contributed by atoms with Gasteiger partial charge in [0, 0.05) is 6.20 Å². The molecule has 1 aromatic rings. The largest absolute Gasteiger partial charge is 0.461 e. The molecule has 0 saturated carbocycles. The Balaban J connectivity index is 1.93. The number of aromatic nitrogens is 2. The zero-order valence-corrected chi connectivity index (χ0v) is 8.83. The van der Waals surface area contributed by atoms with Crippen LogP contribution in [0.5, 0.6) is 0 Å². The monoisotopic (exact) mass is 224 g/mol. The molecule has 86 valence electrons. The summed E-state index contributed by atoms with van der Waals surface area (Å²) in [4.78, 5) is 11.3. The molecule has 1 aliphatic heterocycles. The lowest BCUT2D eigenvalue weighted by atomic mass is 10.4. The Bertz CT molecular complexity index is 391. The summed E-state index contributed by atoms with van der Waals surface area (Å²) in [6, 6.07) is 1.60. The van der Waals surface area contributed by atoms with Gasteiger partial charge in [-0.2, -0.15) is 5.10 Å². The van der Waals surface area contributed by atoms with Crippen LogP contribution in [0.25, 0.3) is 0 Å². The highest BCUT2D eigenvalue weighted by Crippen LogP contribution is 2.08. The van der Waals surface area contributed by atoms with Crippen LogP contribution in [0.2, 0.25) is 0 Å². The fraction of sp³-hybridized carbons (Fsp3) is 0.400. The third-order valence-electron chi connectivity index (χ3n) is 1.98. The van der Waals surface area contributed by atoms with E-state index in [0.717, 1.165) is 0 Å². The van der Waals surface area contributed by atoms with Crippen LogP contribution in [0.3, 0.4) is 0 Å². The summed E-state index contributed by atoms with van der Waals surface area (Å²) in [6.45, 7) is 2.51. The Hall–Kier alpha value is -1.98. The van der Waals surface area contributed by atoms with Gasteiger partial charge in [-0.05, 0) is 13.0 Å². The number of hydrogen-bond donors (Lipinski definition) is 0. The maximum atomic E-state index is 11.3. The molecule has 16 heavy (non-hydrogen) atoms. The Morgan fingerprint density at radius 3 is 3.00 bits per heavy atom. The van der Waals surface area contributed by atoms with Crippen molar-refractivity contribution in [2.75, 3.05) is 6.61 Å². The highest BCUT2D eigenvalue weighted by molar-refractivity contribution is 5.86. The lowest BCUT2D eigenvalue weighted by Gasteiger charge is -2.09. The normalized spacial score (nSPS) is 14.6. The molecule has 0 atom stereocenters. The van der Waals surface area contributed by atoms with Crippen molar-refractivity contribution in [3.8, 4) is 0 Å². The van der Waals surface area contributed by atoms with Crippen molar-refractivity contribution >= 4 is 5.97 Å². The second-order valence-corrected chi connectivity index (χ2v) is 3.12. The number of carbonyl (C=O) groups excluding carboxylic acids is 1. The van der Waals surface area contributed by atoms with Crippen LogP contribution >= 0.6 is 0 Å². The third-order valence-corrected chi connectivity index (χ3v) is 1.98. The first-order valence-corrected chi connectivity index (χ1v) is 4.96. The molecule has 2 rings (SSSR count). The van der Waals surface area contributed by atoms with Gasteiger partial charge >= 0.3 is 5.97 Å². The van der Waals surface area contributed by atoms with Crippen LogP contribution in [0.1, 0.15) is 17.4 Å². The minimum absolute atomic E-state index is 0.285. The number of esters is 1. The smallest absolute Gasteiger partial charge is 0.358 e. The molecule has 0 aliphatic carbocycles. The van der Waals surface area contributed by atoms with Gasteiger partial charge in [-0.15, -0.1) is 0 Å². The molecule has 0 amide bonds. The molecule has 0 bridgehead atoms. The molecular formula is C10H12N2O4. The highest BCUT2D eigenvalue weighted by atomic mass is 16.7. The summed E-state index contributed by atoms with van der Waals surface area (Å²) in [6.07, 6.45) is 4.24. The van der Waals surface area contributed by atoms with Gasteiger partial charge in [0.1, 0.15) is 19.1 Å². The second kappa shape index (κ2) is 4.69. The summed E-state index contributed by atoms with van der Waals surface area (Å²) >= 11 is 0. The number of nitrogens with zero attached hydrogens (tertiary/aromatic N) is 2. The van der Waals surface area contributed by atoms with Crippen molar-refractivity contribution in [1.82, 2.24) is 9.78 Å². The van der Waals surface area contributed by atoms with Crippen LogP contribution in [0, 0.1) is 0 Å². The van der Waals surface area contributed by atoms with Gasteiger partial charge in [0.2, 0.25) is 0 Å². The summed E-state index contributed by atoms with van der Waals surface area (Å²) < 4.78 is 16.6. The summed E-state index contributed by atoms with van der Waals surface area (Å²) in [5.74, 6) is -0.423. The molecular weight excluding hydrogens is 212 g/mol. The van der Waals surface area contributed by atoms with Crippen molar-refractivity contribution < 1.29 is 19.0 Å². The second-order valence-electron chi connectivity index (χ2n) is 3.12. The molecule has 0 N–H and O–H groups in total. The molecule has 0 radical (unpaired) electrons. The molecule has 0 saturated heterocycles. The van der Waals surface area contributed by atoms with Crippen molar-refractivity contribution in [2.24, 2.45) is 0 Å². The molecule has 2 heterocycles. The van der Waals surface area contributed by atoms with E-state index in [4.69, 9.17) is 14.2 Å². The number of hydrogen-bond acceptors (Lipinski definition) is 5. The highest BCUT2D eigenvalue weighted by Gasteiger charge is 2.15. The first-order valence-electron chi connectivity index (χ1n) is 4.96. The summed E-state index contributed by atoms with van der Waals surface area (Å²) in [5.41, 5.74) is 0.285. The molecule has 6 heteroatoms. The zero-order chi connectivity index (χ0) is 11.4. The molecule has 1 aromatic heterocycles. The van der Waals surface area contributed by atoms with E-state index in [1.165, 1.54) is 12.5 Å². The van der Waals surface area contributed by atoms with Gasteiger partial charge < -0.3 is 14.2 Å². The van der Waals surface area contributed by atoms with Gasteiger partial charge in [0.15, 0.2) is 5.69 Å². The number of carbonyl (C=O) groups is 1. The Morgan fingerprint density at radius 1 is 1.56 bits per heavy atom. The van der Waals surface area contributed by atoms with Gasteiger partial charge in [-0.3, -0.25) is 4.68 Å². The van der Waals surface area contributed by atoms with E-state index in [-0.39, 0.29) is 12.0 Å². The van der Waals surface area contributed by atoms with Gasteiger partial charge in [0.05, 0.1) is 6.61 Å². The molecule has 6 nitrogen and oxygen atoms in total. The molecule has 0 aromatic carbocycles. The number of ether oxygens (including phenoxy) is 3. The lowest BCUT2D eigenvalue weighted by Crippen LogP contribution is -2.17. The maximum absolute atomic E-state index is 11.3. The first kappa shape index (κ1) is 10.5. The molecule has 0 fully saturated rings. The zero-order valence-electron chi connectivity index (χ0n) is 8.83. The van der Waals surface area contributed by atoms with Crippen molar-refractivity contribution in [2.45, 2.75) is 19.8 Å². The maximum Gasteiger partial charge on any atom is 0.358 e. The van der Waals surface area contributed by atoms with E-state index in [0.29, 0.717) is 13.2 Å². The SMILES string of the molecule is CCOC(=O)c1ccn(CC2OC=CO2)n1. The quantitative estimate of drug-likeness (QED) is 0.711. The van der Waals surface area contributed by atoms with Crippen LogP contribution < -0.4 is 0 Å².